The molecular weight excluding hydrogens is 475 g/mol. The van der Waals surface area contributed by atoms with Crippen molar-refractivity contribution in [2.45, 2.75) is 39.8 Å². The average molecular weight is 500 g/mol. The molecule has 0 aliphatic heterocycles. The lowest BCUT2D eigenvalue weighted by molar-refractivity contribution is -0.140. The quantitative estimate of drug-likeness (QED) is 0.522. The van der Waals surface area contributed by atoms with Crippen LogP contribution in [0.3, 0.4) is 0 Å². The van der Waals surface area contributed by atoms with Crippen molar-refractivity contribution in [3.05, 3.63) is 68.1 Å². The van der Waals surface area contributed by atoms with Crippen molar-refractivity contribution in [2.24, 2.45) is 5.92 Å². The van der Waals surface area contributed by atoms with Crippen molar-refractivity contribution in [3.63, 3.8) is 0 Å². The van der Waals surface area contributed by atoms with Crippen molar-refractivity contribution in [1.82, 2.24) is 10.2 Å². The highest BCUT2D eigenvalue weighted by Crippen LogP contribution is 2.26. The summed E-state index contributed by atoms with van der Waals surface area (Å²) < 4.78 is 0.911. The van der Waals surface area contributed by atoms with Crippen molar-refractivity contribution < 1.29 is 9.59 Å². The van der Waals surface area contributed by atoms with Gasteiger partial charge in [-0.2, -0.15) is 0 Å². The SMILES string of the molecule is CC(C)CNC(=O)C(C)N(Cc1cccc(Br)c1)C(=O)Cc1c(Cl)cccc1Cl. The Kier molecular flexibility index (Phi) is 9.00. The van der Waals surface area contributed by atoms with E-state index in [0.717, 1.165) is 10.0 Å². The van der Waals surface area contributed by atoms with Crippen LogP contribution in [0.1, 0.15) is 31.9 Å². The first kappa shape index (κ1) is 23.7. The molecule has 0 saturated carbocycles. The number of carbonyl (C=O) groups excluding carboxylic acids is 2. The number of carbonyl (C=O) groups is 2. The molecule has 4 nitrogen and oxygen atoms in total. The zero-order chi connectivity index (χ0) is 21.6. The van der Waals surface area contributed by atoms with Gasteiger partial charge in [0.05, 0.1) is 6.42 Å². The van der Waals surface area contributed by atoms with E-state index in [1.807, 2.05) is 38.1 Å². The minimum absolute atomic E-state index is 0.0221. The molecule has 0 heterocycles. The predicted molar refractivity (Wildman–Crippen MR) is 122 cm³/mol. The van der Waals surface area contributed by atoms with Gasteiger partial charge in [0.25, 0.3) is 0 Å². The topological polar surface area (TPSA) is 49.4 Å². The number of hydrogen-bond acceptors (Lipinski definition) is 2. The third kappa shape index (κ3) is 7.02. The van der Waals surface area contributed by atoms with Gasteiger partial charge >= 0.3 is 0 Å². The molecule has 2 amide bonds. The monoisotopic (exact) mass is 498 g/mol. The number of hydrogen-bond donors (Lipinski definition) is 1. The predicted octanol–water partition coefficient (Wildman–Crippen LogP) is 5.49. The highest BCUT2D eigenvalue weighted by Gasteiger charge is 2.27. The van der Waals surface area contributed by atoms with Gasteiger partial charge in [0.15, 0.2) is 0 Å². The second-order valence-corrected chi connectivity index (χ2v) is 9.07. The highest BCUT2D eigenvalue weighted by atomic mass is 79.9. The molecule has 2 aromatic carbocycles. The zero-order valence-corrected chi connectivity index (χ0v) is 19.8. The van der Waals surface area contributed by atoms with Gasteiger partial charge in [-0.15, -0.1) is 0 Å². The van der Waals surface area contributed by atoms with E-state index in [2.05, 4.69) is 21.2 Å². The zero-order valence-electron chi connectivity index (χ0n) is 16.7. The van der Waals surface area contributed by atoms with Crippen molar-refractivity contribution >= 4 is 50.9 Å². The molecule has 7 heteroatoms. The Bertz CT molecular complexity index is 853. The lowest BCUT2D eigenvalue weighted by atomic mass is 10.1. The van der Waals surface area contributed by atoms with E-state index in [1.54, 1.807) is 30.0 Å². The van der Waals surface area contributed by atoms with Gasteiger partial charge in [-0.1, -0.05) is 71.2 Å². The fourth-order valence-electron chi connectivity index (χ4n) is 2.82. The molecule has 0 spiro atoms. The number of amides is 2. The minimum Gasteiger partial charge on any atom is -0.354 e. The van der Waals surface area contributed by atoms with Crippen LogP contribution in [-0.2, 0) is 22.6 Å². The van der Waals surface area contributed by atoms with Crippen LogP contribution in [0, 0.1) is 5.92 Å². The summed E-state index contributed by atoms with van der Waals surface area (Å²) in [7, 11) is 0. The molecule has 0 aromatic heterocycles. The standard InChI is InChI=1S/C22H25BrCl2N2O2/c1-14(2)12-26-22(29)15(3)27(13-16-6-4-7-17(23)10-16)21(28)11-18-19(24)8-5-9-20(18)25/h4-10,14-15H,11-13H2,1-3H3,(H,26,29). The summed E-state index contributed by atoms with van der Waals surface area (Å²) in [5, 5.41) is 3.78. The van der Waals surface area contributed by atoms with E-state index in [0.29, 0.717) is 34.6 Å². The summed E-state index contributed by atoms with van der Waals surface area (Å²) in [5.41, 5.74) is 1.48. The molecular formula is C22H25BrCl2N2O2. The molecule has 0 saturated heterocycles. The number of halogens is 3. The smallest absolute Gasteiger partial charge is 0.242 e. The lowest BCUT2D eigenvalue weighted by Gasteiger charge is -2.29. The van der Waals surface area contributed by atoms with Crippen LogP contribution < -0.4 is 5.32 Å². The first-order chi connectivity index (χ1) is 13.7. The van der Waals surface area contributed by atoms with Gasteiger partial charge < -0.3 is 10.2 Å². The van der Waals surface area contributed by atoms with Crippen molar-refractivity contribution in [1.29, 1.82) is 0 Å². The summed E-state index contributed by atoms with van der Waals surface area (Å²) in [4.78, 5) is 27.4. The van der Waals surface area contributed by atoms with Crippen LogP contribution in [0.2, 0.25) is 10.0 Å². The summed E-state index contributed by atoms with van der Waals surface area (Å²) >= 11 is 15.9. The Labute approximate surface area is 190 Å². The van der Waals surface area contributed by atoms with Crippen LogP contribution in [0.25, 0.3) is 0 Å². The van der Waals surface area contributed by atoms with E-state index in [-0.39, 0.29) is 18.2 Å². The maximum atomic E-state index is 13.2. The van der Waals surface area contributed by atoms with Gasteiger partial charge in [0.1, 0.15) is 6.04 Å². The Balaban J connectivity index is 2.27. The molecule has 1 atom stereocenters. The van der Waals surface area contributed by atoms with Crippen LogP contribution in [-0.4, -0.2) is 29.3 Å². The fraction of sp³-hybridized carbons (Fsp3) is 0.364. The third-order valence-electron chi connectivity index (χ3n) is 4.48. The molecule has 0 aliphatic carbocycles. The molecule has 1 unspecified atom stereocenters. The molecule has 2 rings (SSSR count). The first-order valence-electron chi connectivity index (χ1n) is 9.43. The third-order valence-corrected chi connectivity index (χ3v) is 5.68. The second-order valence-electron chi connectivity index (χ2n) is 7.34. The Hall–Kier alpha value is -1.56. The van der Waals surface area contributed by atoms with Gasteiger partial charge in [-0.3, -0.25) is 9.59 Å². The van der Waals surface area contributed by atoms with Crippen LogP contribution in [0.5, 0.6) is 0 Å². The number of benzene rings is 2. The summed E-state index contributed by atoms with van der Waals surface area (Å²) in [5.74, 6) is -0.0817. The maximum absolute atomic E-state index is 13.2. The number of nitrogens with zero attached hydrogens (tertiary/aromatic N) is 1. The second kappa shape index (κ2) is 11.0. The van der Waals surface area contributed by atoms with Crippen LogP contribution >= 0.6 is 39.1 Å². The fourth-order valence-corrected chi connectivity index (χ4v) is 3.80. The van der Waals surface area contributed by atoms with E-state index >= 15 is 0 Å². The molecule has 1 N–H and O–H groups in total. The molecule has 0 bridgehead atoms. The Morgan fingerprint density at radius 2 is 1.69 bits per heavy atom. The van der Waals surface area contributed by atoms with Crippen LogP contribution in [0.15, 0.2) is 46.9 Å². The van der Waals surface area contributed by atoms with Crippen LogP contribution in [0.4, 0.5) is 0 Å². The minimum atomic E-state index is -0.638. The molecule has 156 valence electrons. The van der Waals surface area contributed by atoms with E-state index in [1.165, 1.54) is 0 Å². The first-order valence-corrected chi connectivity index (χ1v) is 11.0. The summed E-state index contributed by atoms with van der Waals surface area (Å²) in [6.45, 7) is 6.64. The normalized spacial score (nSPS) is 12.0. The summed E-state index contributed by atoms with van der Waals surface area (Å²) in [6, 6.07) is 12.2. The number of rotatable bonds is 8. The van der Waals surface area contributed by atoms with Crippen molar-refractivity contribution in [2.75, 3.05) is 6.54 Å². The van der Waals surface area contributed by atoms with Gasteiger partial charge in [-0.05, 0) is 48.2 Å². The Morgan fingerprint density at radius 1 is 1.07 bits per heavy atom. The van der Waals surface area contributed by atoms with Gasteiger partial charge in [0.2, 0.25) is 11.8 Å². The maximum Gasteiger partial charge on any atom is 0.242 e. The van der Waals surface area contributed by atoms with Gasteiger partial charge in [0, 0.05) is 27.6 Å². The van der Waals surface area contributed by atoms with E-state index in [4.69, 9.17) is 23.2 Å². The average Bonchev–Trinajstić information content (AvgIpc) is 2.66. The largest absolute Gasteiger partial charge is 0.354 e. The highest BCUT2D eigenvalue weighted by molar-refractivity contribution is 9.10. The molecule has 0 radical (unpaired) electrons. The summed E-state index contributed by atoms with van der Waals surface area (Å²) in [6.07, 6.45) is 0.0221. The van der Waals surface area contributed by atoms with Gasteiger partial charge in [-0.25, -0.2) is 0 Å². The van der Waals surface area contributed by atoms with E-state index in [9.17, 15) is 9.59 Å². The lowest BCUT2D eigenvalue weighted by Crippen LogP contribution is -2.48. The molecule has 29 heavy (non-hydrogen) atoms. The van der Waals surface area contributed by atoms with Crippen molar-refractivity contribution in [3.8, 4) is 0 Å². The molecule has 2 aromatic rings. The molecule has 0 aliphatic rings. The Morgan fingerprint density at radius 3 is 2.28 bits per heavy atom. The molecule has 0 fully saturated rings. The van der Waals surface area contributed by atoms with E-state index < -0.39 is 6.04 Å². The number of nitrogens with one attached hydrogen (secondary N) is 1.